The number of hydrogen-bond donors (Lipinski definition) is 0. The number of benzene rings is 6. The van der Waals surface area contributed by atoms with E-state index in [9.17, 15) is 6.32 Å². The molecule has 0 saturated carbocycles. The third-order valence-electron chi connectivity index (χ3n) is 6.27. The van der Waals surface area contributed by atoms with Crippen LogP contribution >= 0.6 is 0 Å². The summed E-state index contributed by atoms with van der Waals surface area (Å²) in [6.07, 6.45) is 0. The zero-order chi connectivity index (χ0) is 31.7. The van der Waals surface area contributed by atoms with Crippen LogP contribution in [0.25, 0.3) is 0 Å². The Labute approximate surface area is 276 Å². The van der Waals surface area contributed by atoms with Crippen molar-refractivity contribution in [1.82, 2.24) is 0 Å². The van der Waals surface area contributed by atoms with Gasteiger partial charge in [0.15, 0.2) is 0 Å². The number of halogens is 2. The van der Waals surface area contributed by atoms with E-state index in [2.05, 4.69) is 182 Å². The van der Waals surface area contributed by atoms with E-state index in [0.29, 0.717) is 0 Å². The standard InChI is InChI=1S/2C18H15As.2FH.2NO.W/c2*1-4-10-16(11-5-1)19(17-12-6-2-7-13-17)18-14-8-3-9-15-18;;;2*1-2;/h2*1-15H;2*1H;;;/q;;;;2*-1;+4/p-2. The minimum atomic E-state index is -6.13. The van der Waals surface area contributed by atoms with Crippen LogP contribution in [0.4, 0.5) is 6.32 Å². The summed E-state index contributed by atoms with van der Waals surface area (Å²) >= 11 is -8.91. The fourth-order valence-corrected chi connectivity index (χ4v) is 14.1. The molecule has 0 heterocycles. The van der Waals surface area contributed by atoms with Crippen molar-refractivity contribution in [3.63, 3.8) is 0 Å². The van der Waals surface area contributed by atoms with Crippen LogP contribution in [0.15, 0.2) is 189 Å². The van der Waals surface area contributed by atoms with Crippen LogP contribution in [0.2, 0.25) is 0 Å². The Morgan fingerprint density at radius 1 is 0.333 bits per heavy atom. The molecule has 6 aromatic carbocycles. The fourth-order valence-electron chi connectivity index (χ4n) is 4.37. The molecule has 4 nitrogen and oxygen atoms in total. The van der Waals surface area contributed by atoms with E-state index in [0.717, 1.165) is 0 Å². The molecule has 0 aliphatic heterocycles. The summed E-state index contributed by atoms with van der Waals surface area (Å²) in [5, 5.41) is 0. The molecule has 226 valence electrons. The van der Waals surface area contributed by atoms with Gasteiger partial charge in [-0.1, -0.05) is 0 Å². The molecule has 0 spiro atoms. The molecule has 6 aromatic rings. The summed E-state index contributed by atoms with van der Waals surface area (Å²) < 4.78 is 33.7. The van der Waals surface area contributed by atoms with Gasteiger partial charge in [0, 0.05) is 0 Å². The molecule has 0 unspecified atom stereocenters. The fraction of sp³-hybridized carbons (Fsp3) is 0. The molecule has 0 N–H and O–H groups in total. The van der Waals surface area contributed by atoms with E-state index < -0.39 is 46.9 Å². The van der Waals surface area contributed by atoms with Crippen molar-refractivity contribution < 1.29 is 23.9 Å². The van der Waals surface area contributed by atoms with Crippen LogP contribution in [0.3, 0.4) is 0 Å². The third kappa shape index (κ3) is 10.6. The van der Waals surface area contributed by atoms with Gasteiger partial charge < -0.3 is 0 Å². The molecule has 0 amide bonds. The molecule has 0 aliphatic rings. The van der Waals surface area contributed by atoms with Crippen molar-refractivity contribution in [2.45, 2.75) is 0 Å². The quantitative estimate of drug-likeness (QED) is 0.146. The molecular weight excluding hydrogens is 864 g/mol. The van der Waals surface area contributed by atoms with Gasteiger partial charge in [-0.05, 0) is 0 Å². The molecule has 0 aliphatic carbocycles. The molecule has 0 bridgehead atoms. The molecule has 0 radical (unpaired) electrons. The Morgan fingerprint density at radius 3 is 0.600 bits per heavy atom. The molecule has 0 aromatic heterocycles. The topological polar surface area (TPSA) is 58.9 Å². The Kier molecular flexibility index (Phi) is 13.8. The second-order valence-corrected chi connectivity index (χ2v) is 22.6. The van der Waals surface area contributed by atoms with Crippen LogP contribution in [-0.2, 0) is 17.6 Å². The molecule has 0 fully saturated rings. The van der Waals surface area contributed by atoms with E-state index >= 15 is 0 Å². The SMILES string of the molecule is O=[N][W]([F])([F])[N]=O.c1ccc([As](c2ccccc2)c2ccccc2)cc1.c1ccc([As](c2ccccc2)c2ccccc2)cc1. The van der Waals surface area contributed by atoms with Gasteiger partial charge in [0.05, 0.1) is 0 Å². The van der Waals surface area contributed by atoms with Crippen molar-refractivity contribution in [3.8, 4) is 0 Å². The first-order valence-corrected chi connectivity index (χ1v) is 24.3. The molecule has 45 heavy (non-hydrogen) atoms. The van der Waals surface area contributed by atoms with Crippen LogP contribution in [0.5, 0.6) is 0 Å². The average Bonchev–Trinajstić information content (AvgIpc) is 3.12. The summed E-state index contributed by atoms with van der Waals surface area (Å²) in [4.78, 5) is 17.7. The third-order valence-corrected chi connectivity index (χ3v) is 17.8. The maximum absolute atomic E-state index is 11.1. The Morgan fingerprint density at radius 2 is 0.489 bits per heavy atom. The van der Waals surface area contributed by atoms with Gasteiger partial charge >= 0.3 is 279 Å². The number of hydrogen-bond acceptors (Lipinski definition) is 4. The number of nitrogens with zero attached hydrogens (tertiary/aromatic N) is 2. The molecular formula is C36H30As2F2N2O2W. The first-order chi connectivity index (χ1) is 22.0. The first kappa shape index (κ1) is 34.1. The Bertz CT molecular complexity index is 1390. The van der Waals surface area contributed by atoms with Gasteiger partial charge in [-0.25, -0.2) is 0 Å². The molecule has 9 heteroatoms. The van der Waals surface area contributed by atoms with Crippen LogP contribution in [0.1, 0.15) is 0 Å². The average molecular weight is 894 g/mol. The molecule has 6 rings (SSSR count). The number of nitroso groups, excluding NO2 is 2. The first-order valence-electron chi connectivity index (χ1n) is 13.8. The normalized spacial score (nSPS) is 10.9. The molecule has 0 atom stereocenters. The van der Waals surface area contributed by atoms with E-state index in [1.807, 2.05) is 0 Å². The second-order valence-electron chi connectivity index (χ2n) is 9.25. The predicted molar refractivity (Wildman–Crippen MR) is 182 cm³/mol. The van der Waals surface area contributed by atoms with Crippen LogP contribution < -0.4 is 26.1 Å². The van der Waals surface area contributed by atoms with Gasteiger partial charge in [-0.3, -0.25) is 0 Å². The number of rotatable bonds is 8. The van der Waals surface area contributed by atoms with Gasteiger partial charge in [-0.15, -0.1) is 0 Å². The van der Waals surface area contributed by atoms with Crippen molar-refractivity contribution in [2.75, 3.05) is 0 Å². The van der Waals surface area contributed by atoms with Gasteiger partial charge in [-0.2, -0.15) is 0 Å². The zero-order valence-electron chi connectivity index (χ0n) is 24.1. The summed E-state index contributed by atoms with van der Waals surface area (Å²) in [6.45, 7) is 0. The van der Waals surface area contributed by atoms with Crippen LogP contribution in [-0.4, -0.2) is 29.3 Å². The minimum absolute atomic E-state index is 1.28. The Hall–Kier alpha value is -3.81. The van der Waals surface area contributed by atoms with Gasteiger partial charge in [0.1, 0.15) is 0 Å². The van der Waals surface area contributed by atoms with E-state index in [1.165, 1.54) is 33.6 Å². The predicted octanol–water partition coefficient (Wildman–Crippen LogP) is 5.68. The molecule has 0 saturated heterocycles. The Balaban J connectivity index is 0.000000170. The van der Waals surface area contributed by atoms with E-state index in [4.69, 9.17) is 9.81 Å². The zero-order valence-corrected chi connectivity index (χ0v) is 30.8. The summed E-state index contributed by atoms with van der Waals surface area (Å²) in [6, 6.07) is 65.4. The second kappa shape index (κ2) is 18.2. The van der Waals surface area contributed by atoms with Crippen molar-refractivity contribution >= 4 is 55.4 Å². The van der Waals surface area contributed by atoms with Crippen molar-refractivity contribution in [1.29, 1.82) is 0 Å². The summed E-state index contributed by atoms with van der Waals surface area (Å²) in [5.74, 6) is 0. The monoisotopic (exact) mass is 894 g/mol. The van der Waals surface area contributed by atoms with Crippen molar-refractivity contribution in [2.24, 2.45) is 7.47 Å². The van der Waals surface area contributed by atoms with E-state index in [1.54, 1.807) is 0 Å². The van der Waals surface area contributed by atoms with Crippen LogP contribution in [0, 0.1) is 9.81 Å². The summed E-state index contributed by atoms with van der Waals surface area (Å²) in [7, 11) is 0. The van der Waals surface area contributed by atoms with Gasteiger partial charge in [0.2, 0.25) is 0 Å². The summed E-state index contributed by atoms with van der Waals surface area (Å²) in [5.41, 5.74) is 0. The van der Waals surface area contributed by atoms with E-state index in [-0.39, 0.29) is 0 Å². The van der Waals surface area contributed by atoms with Crippen molar-refractivity contribution in [3.05, 3.63) is 192 Å². The van der Waals surface area contributed by atoms with Gasteiger partial charge in [0.25, 0.3) is 0 Å². The maximum atomic E-state index is 11.1.